The minimum absolute atomic E-state index is 0.0506. The van der Waals surface area contributed by atoms with Crippen LogP contribution >= 0.6 is 0 Å². The molecule has 0 aromatic carbocycles. The first-order valence-corrected chi connectivity index (χ1v) is 6.13. The van der Waals surface area contributed by atoms with Crippen molar-refractivity contribution in [1.82, 2.24) is 10.1 Å². The fourth-order valence-corrected chi connectivity index (χ4v) is 1.61. The van der Waals surface area contributed by atoms with E-state index in [4.69, 9.17) is 15.0 Å². The van der Waals surface area contributed by atoms with Gasteiger partial charge in [0.05, 0.1) is 0 Å². The summed E-state index contributed by atoms with van der Waals surface area (Å²) in [5.41, 5.74) is 5.39. The quantitative estimate of drug-likeness (QED) is 0.825. The SMILES string of the molecule is CCOC(c1noc(CCCN)n1)C(C)(C)C. The van der Waals surface area contributed by atoms with Crippen LogP contribution in [0.5, 0.6) is 0 Å². The molecule has 98 valence electrons. The predicted octanol–water partition coefficient (Wildman–Crippen LogP) is 2.08. The van der Waals surface area contributed by atoms with E-state index in [0.717, 1.165) is 12.8 Å². The first-order valence-electron chi connectivity index (χ1n) is 6.13. The molecule has 0 aliphatic heterocycles. The van der Waals surface area contributed by atoms with Crippen molar-refractivity contribution in [2.24, 2.45) is 11.1 Å². The Morgan fingerprint density at radius 1 is 1.41 bits per heavy atom. The topological polar surface area (TPSA) is 74.2 Å². The lowest BCUT2D eigenvalue weighted by Crippen LogP contribution is -2.22. The molecule has 0 aliphatic rings. The van der Waals surface area contributed by atoms with Gasteiger partial charge >= 0.3 is 0 Å². The molecule has 1 atom stereocenters. The molecule has 1 rings (SSSR count). The van der Waals surface area contributed by atoms with Crippen LogP contribution < -0.4 is 5.73 Å². The fraction of sp³-hybridized carbons (Fsp3) is 0.833. The Morgan fingerprint density at radius 3 is 2.65 bits per heavy atom. The zero-order valence-corrected chi connectivity index (χ0v) is 11.2. The first kappa shape index (κ1) is 14.1. The second-order valence-electron chi connectivity index (χ2n) is 5.14. The van der Waals surface area contributed by atoms with Crippen LogP contribution in [0.4, 0.5) is 0 Å². The van der Waals surface area contributed by atoms with E-state index < -0.39 is 0 Å². The van der Waals surface area contributed by atoms with Crippen molar-refractivity contribution >= 4 is 0 Å². The van der Waals surface area contributed by atoms with E-state index in [2.05, 4.69) is 30.9 Å². The molecule has 5 nitrogen and oxygen atoms in total. The van der Waals surface area contributed by atoms with Crippen molar-refractivity contribution in [3.8, 4) is 0 Å². The van der Waals surface area contributed by atoms with Gasteiger partial charge in [-0.3, -0.25) is 0 Å². The highest BCUT2D eigenvalue weighted by Gasteiger charge is 2.31. The Labute approximate surface area is 103 Å². The van der Waals surface area contributed by atoms with Crippen LogP contribution in [0.25, 0.3) is 0 Å². The Morgan fingerprint density at radius 2 is 2.12 bits per heavy atom. The zero-order valence-electron chi connectivity index (χ0n) is 11.2. The van der Waals surface area contributed by atoms with Crippen molar-refractivity contribution in [2.75, 3.05) is 13.2 Å². The molecule has 0 fully saturated rings. The number of hydrogen-bond donors (Lipinski definition) is 1. The average Bonchev–Trinajstić information content (AvgIpc) is 2.69. The van der Waals surface area contributed by atoms with E-state index in [9.17, 15) is 0 Å². The first-order chi connectivity index (χ1) is 7.99. The van der Waals surface area contributed by atoms with Gasteiger partial charge < -0.3 is 15.0 Å². The third-order valence-electron chi connectivity index (χ3n) is 2.43. The standard InChI is InChI=1S/C12H23N3O2/c1-5-16-10(12(2,3)4)11-14-9(17-15-11)7-6-8-13/h10H,5-8,13H2,1-4H3. The fourth-order valence-electron chi connectivity index (χ4n) is 1.61. The molecule has 0 saturated carbocycles. The summed E-state index contributed by atoms with van der Waals surface area (Å²) >= 11 is 0. The highest BCUT2D eigenvalue weighted by molar-refractivity contribution is 4.96. The second kappa shape index (κ2) is 6.12. The van der Waals surface area contributed by atoms with E-state index >= 15 is 0 Å². The van der Waals surface area contributed by atoms with Gasteiger partial charge in [0.2, 0.25) is 11.7 Å². The third-order valence-corrected chi connectivity index (χ3v) is 2.43. The van der Waals surface area contributed by atoms with Gasteiger partial charge in [-0.05, 0) is 25.3 Å². The summed E-state index contributed by atoms with van der Waals surface area (Å²) in [5.74, 6) is 1.27. The van der Waals surface area contributed by atoms with Crippen LogP contribution in [0.15, 0.2) is 4.52 Å². The smallest absolute Gasteiger partial charge is 0.226 e. The molecule has 2 N–H and O–H groups in total. The summed E-state index contributed by atoms with van der Waals surface area (Å²) in [4.78, 5) is 4.37. The number of ether oxygens (including phenoxy) is 1. The number of aromatic nitrogens is 2. The molecule has 1 unspecified atom stereocenters. The Bertz CT molecular complexity index is 331. The Balaban J connectivity index is 2.77. The van der Waals surface area contributed by atoms with Gasteiger partial charge in [0.25, 0.3) is 0 Å². The van der Waals surface area contributed by atoms with Gasteiger partial charge in [-0.1, -0.05) is 25.9 Å². The molecule has 17 heavy (non-hydrogen) atoms. The molecule has 0 saturated heterocycles. The molecular formula is C12H23N3O2. The van der Waals surface area contributed by atoms with Crippen molar-refractivity contribution < 1.29 is 9.26 Å². The molecule has 0 spiro atoms. The lowest BCUT2D eigenvalue weighted by Gasteiger charge is -2.27. The highest BCUT2D eigenvalue weighted by atomic mass is 16.5. The highest BCUT2D eigenvalue weighted by Crippen LogP contribution is 2.34. The summed E-state index contributed by atoms with van der Waals surface area (Å²) in [6, 6.07) is 0. The van der Waals surface area contributed by atoms with Crippen LogP contribution in [0.2, 0.25) is 0 Å². The Hall–Kier alpha value is -0.940. The summed E-state index contributed by atoms with van der Waals surface area (Å²) in [7, 11) is 0. The van der Waals surface area contributed by atoms with E-state index in [1.165, 1.54) is 0 Å². The monoisotopic (exact) mass is 241 g/mol. The van der Waals surface area contributed by atoms with Crippen LogP contribution in [0.1, 0.15) is 51.9 Å². The maximum Gasteiger partial charge on any atom is 0.226 e. The van der Waals surface area contributed by atoms with Gasteiger partial charge in [0.1, 0.15) is 6.10 Å². The number of hydrogen-bond acceptors (Lipinski definition) is 5. The molecule has 0 radical (unpaired) electrons. The van der Waals surface area contributed by atoms with E-state index in [1.54, 1.807) is 0 Å². The molecule has 0 bridgehead atoms. The summed E-state index contributed by atoms with van der Waals surface area (Å²) < 4.78 is 10.9. The van der Waals surface area contributed by atoms with Crippen molar-refractivity contribution in [3.63, 3.8) is 0 Å². The van der Waals surface area contributed by atoms with Crippen LogP contribution in [-0.4, -0.2) is 23.3 Å². The molecule has 0 aliphatic carbocycles. The minimum atomic E-state index is -0.136. The second-order valence-corrected chi connectivity index (χ2v) is 5.14. The Kier molecular flexibility index (Phi) is 5.08. The molecule has 5 heteroatoms. The molecule has 1 aromatic heterocycles. The lowest BCUT2D eigenvalue weighted by atomic mass is 9.88. The molecule has 1 aromatic rings. The van der Waals surface area contributed by atoms with Gasteiger partial charge in [0.15, 0.2) is 0 Å². The number of rotatable bonds is 6. The summed E-state index contributed by atoms with van der Waals surface area (Å²) in [6.45, 7) is 9.53. The van der Waals surface area contributed by atoms with Gasteiger partial charge in [-0.2, -0.15) is 4.98 Å². The van der Waals surface area contributed by atoms with Crippen LogP contribution in [0, 0.1) is 5.41 Å². The molecule has 0 amide bonds. The van der Waals surface area contributed by atoms with E-state index in [0.29, 0.717) is 24.9 Å². The van der Waals surface area contributed by atoms with Gasteiger partial charge in [0, 0.05) is 13.0 Å². The van der Waals surface area contributed by atoms with Gasteiger partial charge in [-0.25, -0.2) is 0 Å². The number of aryl methyl sites for hydroxylation is 1. The maximum absolute atomic E-state index is 5.70. The largest absolute Gasteiger partial charge is 0.370 e. The molecular weight excluding hydrogens is 218 g/mol. The van der Waals surface area contributed by atoms with Crippen LogP contribution in [-0.2, 0) is 11.2 Å². The predicted molar refractivity (Wildman–Crippen MR) is 65.5 cm³/mol. The summed E-state index contributed by atoms with van der Waals surface area (Å²) in [6.07, 6.45) is 1.45. The third kappa shape index (κ3) is 4.09. The normalized spacial score (nSPS) is 13.9. The number of nitrogens with zero attached hydrogens (tertiary/aromatic N) is 2. The van der Waals surface area contributed by atoms with Crippen LogP contribution in [0.3, 0.4) is 0 Å². The van der Waals surface area contributed by atoms with Crippen molar-refractivity contribution in [2.45, 2.75) is 46.6 Å². The maximum atomic E-state index is 5.70. The van der Waals surface area contributed by atoms with E-state index in [-0.39, 0.29) is 11.5 Å². The summed E-state index contributed by atoms with van der Waals surface area (Å²) in [5, 5.41) is 4.00. The van der Waals surface area contributed by atoms with Gasteiger partial charge in [-0.15, -0.1) is 0 Å². The minimum Gasteiger partial charge on any atom is -0.370 e. The van der Waals surface area contributed by atoms with Crippen molar-refractivity contribution in [1.29, 1.82) is 0 Å². The lowest BCUT2D eigenvalue weighted by molar-refractivity contribution is -0.0203. The average molecular weight is 241 g/mol. The molecule has 1 heterocycles. The van der Waals surface area contributed by atoms with E-state index in [1.807, 2.05) is 6.92 Å². The number of nitrogens with two attached hydrogens (primary N) is 1. The zero-order chi connectivity index (χ0) is 12.9. The van der Waals surface area contributed by atoms with Crippen molar-refractivity contribution in [3.05, 3.63) is 11.7 Å².